The Bertz CT molecular complexity index is 709. The van der Waals surface area contributed by atoms with Crippen LogP contribution in [-0.4, -0.2) is 11.8 Å². The fourth-order valence-electron chi connectivity index (χ4n) is 2.21. The van der Waals surface area contributed by atoms with Crippen LogP contribution in [-0.2, 0) is 0 Å². The summed E-state index contributed by atoms with van der Waals surface area (Å²) in [7, 11) is 0. The SMILES string of the molecule is Cc1ccc2c(c1)C(=O)N(c1ccccc1I)C2=O. The maximum Gasteiger partial charge on any atom is 0.266 e. The van der Waals surface area contributed by atoms with Gasteiger partial charge in [-0.1, -0.05) is 23.8 Å². The molecule has 94 valence electrons. The summed E-state index contributed by atoms with van der Waals surface area (Å²) in [4.78, 5) is 26.0. The van der Waals surface area contributed by atoms with Crippen LogP contribution >= 0.6 is 22.6 Å². The standard InChI is InChI=1S/C15H10INO2/c1-9-6-7-10-11(8-9)15(19)17(14(10)18)13-5-3-2-4-12(13)16/h2-8H,1H3. The summed E-state index contributed by atoms with van der Waals surface area (Å²) in [5.41, 5.74) is 2.59. The first-order chi connectivity index (χ1) is 9.09. The molecule has 4 heteroatoms. The van der Waals surface area contributed by atoms with Gasteiger partial charge in [0.15, 0.2) is 0 Å². The van der Waals surface area contributed by atoms with E-state index in [-0.39, 0.29) is 11.8 Å². The van der Waals surface area contributed by atoms with Crippen molar-refractivity contribution < 1.29 is 9.59 Å². The monoisotopic (exact) mass is 363 g/mol. The van der Waals surface area contributed by atoms with E-state index < -0.39 is 0 Å². The quantitative estimate of drug-likeness (QED) is 0.575. The van der Waals surface area contributed by atoms with Crippen LogP contribution in [0.3, 0.4) is 0 Å². The normalized spacial score (nSPS) is 13.9. The molecule has 2 aromatic carbocycles. The van der Waals surface area contributed by atoms with E-state index in [0.29, 0.717) is 16.8 Å². The second-order valence-electron chi connectivity index (χ2n) is 4.45. The Morgan fingerprint density at radius 2 is 1.63 bits per heavy atom. The van der Waals surface area contributed by atoms with E-state index in [1.165, 1.54) is 4.90 Å². The number of rotatable bonds is 1. The molecule has 2 amide bonds. The highest BCUT2D eigenvalue weighted by Gasteiger charge is 2.37. The van der Waals surface area contributed by atoms with E-state index in [0.717, 1.165) is 9.13 Å². The molecule has 2 aromatic rings. The van der Waals surface area contributed by atoms with Crippen molar-refractivity contribution in [2.45, 2.75) is 6.92 Å². The third kappa shape index (κ3) is 1.87. The van der Waals surface area contributed by atoms with Gasteiger partial charge in [-0.25, -0.2) is 4.90 Å². The third-order valence-electron chi connectivity index (χ3n) is 3.14. The molecule has 0 saturated heterocycles. The summed E-state index contributed by atoms with van der Waals surface area (Å²) in [6, 6.07) is 12.7. The lowest BCUT2D eigenvalue weighted by molar-refractivity contribution is 0.0926. The van der Waals surface area contributed by atoms with E-state index in [4.69, 9.17) is 0 Å². The van der Waals surface area contributed by atoms with Gasteiger partial charge < -0.3 is 0 Å². The molecule has 0 bridgehead atoms. The molecule has 0 aliphatic carbocycles. The van der Waals surface area contributed by atoms with Gasteiger partial charge in [0.2, 0.25) is 0 Å². The highest BCUT2D eigenvalue weighted by molar-refractivity contribution is 14.1. The second-order valence-corrected chi connectivity index (χ2v) is 5.61. The number of imide groups is 1. The van der Waals surface area contributed by atoms with Crippen LogP contribution in [0.15, 0.2) is 42.5 Å². The number of nitrogens with zero attached hydrogens (tertiary/aromatic N) is 1. The Morgan fingerprint density at radius 3 is 2.37 bits per heavy atom. The van der Waals surface area contributed by atoms with Crippen LogP contribution in [0.25, 0.3) is 0 Å². The van der Waals surface area contributed by atoms with Gasteiger partial charge in [0.05, 0.1) is 16.8 Å². The third-order valence-corrected chi connectivity index (χ3v) is 4.05. The Morgan fingerprint density at radius 1 is 0.947 bits per heavy atom. The molecule has 0 fully saturated rings. The van der Waals surface area contributed by atoms with Crippen molar-refractivity contribution in [3.63, 3.8) is 0 Å². The van der Waals surface area contributed by atoms with Gasteiger partial charge >= 0.3 is 0 Å². The van der Waals surface area contributed by atoms with Crippen molar-refractivity contribution in [2.75, 3.05) is 4.90 Å². The van der Waals surface area contributed by atoms with Crippen LogP contribution in [0, 0.1) is 10.5 Å². The van der Waals surface area contributed by atoms with Crippen molar-refractivity contribution in [1.29, 1.82) is 0 Å². The van der Waals surface area contributed by atoms with Gasteiger partial charge in [0.25, 0.3) is 11.8 Å². The van der Waals surface area contributed by atoms with Crippen LogP contribution < -0.4 is 4.90 Å². The number of anilines is 1. The van der Waals surface area contributed by atoms with Crippen molar-refractivity contribution >= 4 is 40.1 Å². The Labute approximate surface area is 124 Å². The molecule has 1 heterocycles. The van der Waals surface area contributed by atoms with Gasteiger partial charge in [-0.05, 0) is 53.8 Å². The molecule has 0 N–H and O–H groups in total. The van der Waals surface area contributed by atoms with E-state index in [2.05, 4.69) is 22.6 Å². The zero-order valence-corrected chi connectivity index (χ0v) is 12.3. The van der Waals surface area contributed by atoms with Gasteiger partial charge in [0.1, 0.15) is 0 Å². The Kier molecular flexibility index (Phi) is 2.89. The summed E-state index contributed by atoms with van der Waals surface area (Å²) >= 11 is 2.13. The summed E-state index contributed by atoms with van der Waals surface area (Å²) < 4.78 is 0.881. The molecule has 0 unspecified atom stereocenters. The maximum atomic E-state index is 12.4. The molecule has 3 rings (SSSR count). The minimum Gasteiger partial charge on any atom is -0.268 e. The zero-order chi connectivity index (χ0) is 13.6. The number of halogens is 1. The molecule has 0 aromatic heterocycles. The van der Waals surface area contributed by atoms with Gasteiger partial charge in [-0.3, -0.25) is 9.59 Å². The smallest absolute Gasteiger partial charge is 0.266 e. The first-order valence-electron chi connectivity index (χ1n) is 5.83. The summed E-state index contributed by atoms with van der Waals surface area (Å²) in [6.45, 7) is 1.91. The highest BCUT2D eigenvalue weighted by atomic mass is 127. The van der Waals surface area contributed by atoms with E-state index in [1.54, 1.807) is 18.2 Å². The lowest BCUT2D eigenvalue weighted by atomic mass is 10.1. The molecule has 19 heavy (non-hydrogen) atoms. The van der Waals surface area contributed by atoms with Crippen molar-refractivity contribution in [3.05, 3.63) is 62.7 Å². The minimum atomic E-state index is -0.246. The number of para-hydroxylation sites is 1. The molecule has 0 spiro atoms. The molecule has 3 nitrogen and oxygen atoms in total. The number of hydrogen-bond acceptors (Lipinski definition) is 2. The van der Waals surface area contributed by atoms with Crippen LogP contribution in [0.5, 0.6) is 0 Å². The fourth-order valence-corrected chi connectivity index (χ4v) is 2.84. The highest BCUT2D eigenvalue weighted by Crippen LogP contribution is 2.31. The average Bonchev–Trinajstić information content (AvgIpc) is 2.63. The number of amides is 2. The van der Waals surface area contributed by atoms with E-state index in [9.17, 15) is 9.59 Å². The van der Waals surface area contributed by atoms with Gasteiger partial charge in [0, 0.05) is 3.57 Å². The summed E-state index contributed by atoms with van der Waals surface area (Å²) in [5, 5.41) is 0. The Hall–Kier alpha value is -1.69. The largest absolute Gasteiger partial charge is 0.268 e. The van der Waals surface area contributed by atoms with Crippen molar-refractivity contribution in [2.24, 2.45) is 0 Å². The number of carbonyl (C=O) groups is 2. The summed E-state index contributed by atoms with van der Waals surface area (Å²) in [6.07, 6.45) is 0. The first-order valence-corrected chi connectivity index (χ1v) is 6.91. The summed E-state index contributed by atoms with van der Waals surface area (Å²) in [5.74, 6) is -0.489. The molecule has 0 radical (unpaired) electrons. The second kappa shape index (κ2) is 4.45. The average molecular weight is 363 g/mol. The molecule has 1 aliphatic rings. The predicted octanol–water partition coefficient (Wildman–Crippen LogP) is 3.40. The van der Waals surface area contributed by atoms with Gasteiger partial charge in [-0.15, -0.1) is 0 Å². The van der Waals surface area contributed by atoms with E-state index in [1.807, 2.05) is 31.2 Å². The minimum absolute atomic E-state index is 0.243. The van der Waals surface area contributed by atoms with Crippen LogP contribution in [0.2, 0.25) is 0 Å². The first kappa shape index (κ1) is 12.3. The molecule has 0 atom stereocenters. The number of aryl methyl sites for hydroxylation is 1. The number of benzene rings is 2. The fraction of sp³-hybridized carbons (Fsp3) is 0.0667. The molecular formula is C15H10INO2. The van der Waals surface area contributed by atoms with E-state index >= 15 is 0 Å². The lowest BCUT2D eigenvalue weighted by Crippen LogP contribution is -2.30. The Balaban J connectivity index is 2.16. The van der Waals surface area contributed by atoms with Crippen LogP contribution in [0.1, 0.15) is 26.3 Å². The number of fused-ring (bicyclic) bond motifs is 1. The number of carbonyl (C=O) groups excluding carboxylic acids is 2. The zero-order valence-electron chi connectivity index (χ0n) is 10.2. The molecule has 0 saturated carbocycles. The maximum absolute atomic E-state index is 12.4. The topological polar surface area (TPSA) is 37.4 Å². The number of hydrogen-bond donors (Lipinski definition) is 0. The van der Waals surface area contributed by atoms with Gasteiger partial charge in [-0.2, -0.15) is 0 Å². The predicted molar refractivity (Wildman–Crippen MR) is 81.5 cm³/mol. The van der Waals surface area contributed by atoms with Crippen molar-refractivity contribution in [3.8, 4) is 0 Å². The molecule has 1 aliphatic heterocycles. The molecular weight excluding hydrogens is 353 g/mol. The van der Waals surface area contributed by atoms with Crippen LogP contribution in [0.4, 0.5) is 5.69 Å². The van der Waals surface area contributed by atoms with Crippen molar-refractivity contribution in [1.82, 2.24) is 0 Å². The lowest BCUT2D eigenvalue weighted by Gasteiger charge is -2.15.